The summed E-state index contributed by atoms with van der Waals surface area (Å²) in [6.07, 6.45) is -0.121. The molecular formula is C21H20O5. The predicted octanol–water partition coefficient (Wildman–Crippen LogP) is 3.74. The first-order chi connectivity index (χ1) is 12.5. The van der Waals surface area contributed by atoms with E-state index in [0.717, 1.165) is 5.56 Å². The average molecular weight is 352 g/mol. The van der Waals surface area contributed by atoms with Gasteiger partial charge in [0.1, 0.15) is 11.5 Å². The number of benzene rings is 2. The minimum atomic E-state index is -1.03. The maximum atomic E-state index is 12.7. The second-order valence-corrected chi connectivity index (χ2v) is 6.17. The van der Waals surface area contributed by atoms with Gasteiger partial charge in [0.2, 0.25) is 0 Å². The van der Waals surface area contributed by atoms with Crippen LogP contribution in [0.5, 0.6) is 5.75 Å². The molecule has 26 heavy (non-hydrogen) atoms. The minimum Gasteiger partial charge on any atom is -0.507 e. The number of aliphatic hydroxyl groups excluding tert-OH is 1. The normalized spacial score (nSPS) is 14.7. The van der Waals surface area contributed by atoms with Crippen molar-refractivity contribution in [2.75, 3.05) is 6.61 Å². The first-order valence-electron chi connectivity index (χ1n) is 8.50. The zero-order chi connectivity index (χ0) is 18.7. The topological polar surface area (TPSA) is 83.8 Å². The third-order valence-electron chi connectivity index (χ3n) is 4.50. The first-order valence-corrected chi connectivity index (χ1v) is 8.50. The van der Waals surface area contributed by atoms with Gasteiger partial charge in [-0.25, -0.2) is 0 Å². The minimum absolute atomic E-state index is 0.128. The van der Waals surface area contributed by atoms with Crippen LogP contribution in [0.3, 0.4) is 0 Å². The second kappa shape index (κ2) is 7.44. The molecule has 3 rings (SSSR count). The number of fused-ring (bicyclic) bond motifs is 1. The molecular weight excluding hydrogens is 332 g/mol. The van der Waals surface area contributed by atoms with Crippen molar-refractivity contribution < 1.29 is 24.5 Å². The molecule has 5 nitrogen and oxygen atoms in total. The molecule has 1 aliphatic rings. The van der Waals surface area contributed by atoms with E-state index >= 15 is 0 Å². The fourth-order valence-electron chi connectivity index (χ4n) is 3.33. The van der Waals surface area contributed by atoms with E-state index in [2.05, 4.69) is 0 Å². The van der Waals surface area contributed by atoms with Gasteiger partial charge in [-0.1, -0.05) is 36.4 Å². The Morgan fingerprint density at radius 3 is 2.50 bits per heavy atom. The van der Waals surface area contributed by atoms with E-state index in [-0.39, 0.29) is 30.0 Å². The quantitative estimate of drug-likeness (QED) is 0.827. The van der Waals surface area contributed by atoms with Gasteiger partial charge in [-0.3, -0.25) is 9.59 Å². The molecule has 1 unspecified atom stereocenters. The van der Waals surface area contributed by atoms with Crippen molar-refractivity contribution in [2.24, 2.45) is 0 Å². The molecule has 134 valence electrons. The van der Waals surface area contributed by atoms with Crippen LogP contribution in [0.15, 0.2) is 54.1 Å². The SMILES string of the molecule is CCOc1ccc(C(CC(=O)O)C2=C(O)c3ccccc3CC2=O)cc1. The van der Waals surface area contributed by atoms with Crippen LogP contribution in [0.4, 0.5) is 0 Å². The summed E-state index contributed by atoms with van der Waals surface area (Å²) in [6.45, 7) is 2.40. The van der Waals surface area contributed by atoms with Crippen LogP contribution in [0, 0.1) is 0 Å². The summed E-state index contributed by atoms with van der Waals surface area (Å²) in [5.41, 5.74) is 2.16. The van der Waals surface area contributed by atoms with E-state index in [1.165, 1.54) is 0 Å². The van der Waals surface area contributed by atoms with Crippen LogP contribution in [0.2, 0.25) is 0 Å². The van der Waals surface area contributed by atoms with E-state index in [0.29, 0.717) is 23.5 Å². The number of ether oxygens (including phenoxy) is 1. The number of hydrogen-bond acceptors (Lipinski definition) is 4. The number of rotatable bonds is 6. The molecule has 0 aliphatic heterocycles. The summed E-state index contributed by atoms with van der Waals surface area (Å²) in [5, 5.41) is 20.1. The van der Waals surface area contributed by atoms with Gasteiger partial charge >= 0.3 is 5.97 Å². The maximum Gasteiger partial charge on any atom is 0.304 e. The van der Waals surface area contributed by atoms with Crippen molar-refractivity contribution in [3.63, 3.8) is 0 Å². The molecule has 0 radical (unpaired) electrons. The monoisotopic (exact) mass is 352 g/mol. The van der Waals surface area contributed by atoms with E-state index in [1.54, 1.807) is 42.5 Å². The van der Waals surface area contributed by atoms with Crippen LogP contribution in [0.1, 0.15) is 36.0 Å². The summed E-state index contributed by atoms with van der Waals surface area (Å²) in [4.78, 5) is 24.1. The Morgan fingerprint density at radius 2 is 1.85 bits per heavy atom. The molecule has 1 atom stereocenters. The average Bonchev–Trinajstić information content (AvgIpc) is 2.61. The maximum absolute atomic E-state index is 12.7. The fourth-order valence-corrected chi connectivity index (χ4v) is 3.33. The summed E-state index contributed by atoms with van der Waals surface area (Å²) in [6, 6.07) is 14.1. The van der Waals surface area contributed by atoms with Gasteiger partial charge < -0.3 is 14.9 Å². The van der Waals surface area contributed by atoms with Gasteiger partial charge in [0.05, 0.1) is 13.0 Å². The predicted molar refractivity (Wildman–Crippen MR) is 97.3 cm³/mol. The molecule has 0 saturated heterocycles. The van der Waals surface area contributed by atoms with E-state index < -0.39 is 11.9 Å². The Morgan fingerprint density at radius 1 is 1.15 bits per heavy atom. The first kappa shape index (κ1) is 17.7. The van der Waals surface area contributed by atoms with E-state index in [1.807, 2.05) is 13.0 Å². The Balaban J connectivity index is 2.07. The van der Waals surface area contributed by atoms with Crippen molar-refractivity contribution in [2.45, 2.75) is 25.7 Å². The number of ketones is 1. The lowest BCUT2D eigenvalue weighted by atomic mass is 9.79. The third kappa shape index (κ3) is 3.47. The summed E-state index contributed by atoms with van der Waals surface area (Å²) in [7, 11) is 0. The van der Waals surface area contributed by atoms with E-state index in [4.69, 9.17) is 4.74 Å². The van der Waals surface area contributed by atoms with Crippen molar-refractivity contribution in [1.82, 2.24) is 0 Å². The zero-order valence-corrected chi connectivity index (χ0v) is 14.4. The molecule has 1 aliphatic carbocycles. The molecule has 2 N–H and O–H groups in total. The zero-order valence-electron chi connectivity index (χ0n) is 14.4. The van der Waals surface area contributed by atoms with Crippen LogP contribution in [0.25, 0.3) is 5.76 Å². The summed E-state index contributed by atoms with van der Waals surface area (Å²) >= 11 is 0. The molecule has 0 bridgehead atoms. The van der Waals surface area contributed by atoms with Crippen molar-refractivity contribution >= 4 is 17.5 Å². The molecule has 0 heterocycles. The molecule has 0 fully saturated rings. The van der Waals surface area contributed by atoms with Gasteiger partial charge in [-0.15, -0.1) is 0 Å². The highest BCUT2D eigenvalue weighted by atomic mass is 16.5. The molecule has 0 saturated carbocycles. The van der Waals surface area contributed by atoms with Crippen LogP contribution < -0.4 is 4.74 Å². The standard InChI is InChI=1S/C21H20O5/c1-2-26-15-9-7-13(8-10-15)17(12-19(23)24)20-18(22)11-14-5-3-4-6-16(14)21(20)25/h3-10,17,25H,2,11-12H2,1H3,(H,23,24). The molecule has 2 aromatic carbocycles. The van der Waals surface area contributed by atoms with Gasteiger partial charge in [-0.2, -0.15) is 0 Å². The smallest absolute Gasteiger partial charge is 0.304 e. The molecule has 0 aromatic heterocycles. The highest BCUT2D eigenvalue weighted by Crippen LogP contribution is 2.38. The van der Waals surface area contributed by atoms with Gasteiger partial charge in [0.15, 0.2) is 5.78 Å². The second-order valence-electron chi connectivity index (χ2n) is 6.17. The highest BCUT2D eigenvalue weighted by molar-refractivity contribution is 6.07. The van der Waals surface area contributed by atoms with Gasteiger partial charge in [0, 0.05) is 23.5 Å². The lowest BCUT2D eigenvalue weighted by molar-refractivity contribution is -0.137. The third-order valence-corrected chi connectivity index (χ3v) is 4.50. The Bertz CT molecular complexity index is 864. The van der Waals surface area contributed by atoms with E-state index in [9.17, 15) is 19.8 Å². The number of carboxylic acids is 1. The number of aliphatic carboxylic acids is 1. The number of Topliss-reactive ketones (excluding diaryl/α,β-unsaturated/α-hetero) is 1. The summed E-state index contributed by atoms with van der Waals surface area (Å²) < 4.78 is 5.41. The largest absolute Gasteiger partial charge is 0.507 e. The number of allylic oxidation sites excluding steroid dienone is 1. The Hall–Kier alpha value is -3.08. The number of carboxylic acid groups (broad SMARTS) is 1. The van der Waals surface area contributed by atoms with Crippen LogP contribution in [-0.2, 0) is 16.0 Å². The van der Waals surface area contributed by atoms with Gasteiger partial charge in [-0.05, 0) is 30.2 Å². The Kier molecular flexibility index (Phi) is 5.07. The molecule has 0 spiro atoms. The van der Waals surface area contributed by atoms with Crippen LogP contribution >= 0.6 is 0 Å². The molecule has 5 heteroatoms. The number of aliphatic hydroxyl groups is 1. The van der Waals surface area contributed by atoms with Crippen molar-refractivity contribution in [3.05, 3.63) is 70.8 Å². The van der Waals surface area contributed by atoms with Crippen LogP contribution in [-0.4, -0.2) is 28.6 Å². The molecule has 2 aromatic rings. The highest BCUT2D eigenvalue weighted by Gasteiger charge is 2.33. The van der Waals surface area contributed by atoms with Crippen molar-refractivity contribution in [3.8, 4) is 5.75 Å². The Labute approximate surface area is 151 Å². The fraction of sp³-hybridized carbons (Fsp3) is 0.238. The lowest BCUT2D eigenvalue weighted by Crippen LogP contribution is -2.22. The van der Waals surface area contributed by atoms with Crippen molar-refractivity contribution in [1.29, 1.82) is 0 Å². The number of hydrogen-bond donors (Lipinski definition) is 2. The molecule has 0 amide bonds. The number of carbonyl (C=O) groups is 2. The lowest BCUT2D eigenvalue weighted by Gasteiger charge is -2.25. The van der Waals surface area contributed by atoms with Gasteiger partial charge in [0.25, 0.3) is 0 Å². The summed E-state index contributed by atoms with van der Waals surface area (Å²) in [5.74, 6) is -1.46. The number of carbonyl (C=O) groups excluding carboxylic acids is 1.